The van der Waals surface area contributed by atoms with Crippen LogP contribution in [0.4, 0.5) is 17.2 Å². The zero-order valence-electron chi connectivity index (χ0n) is 21.1. The van der Waals surface area contributed by atoms with E-state index in [1.54, 1.807) is 28.6 Å². The van der Waals surface area contributed by atoms with Crippen LogP contribution in [0.3, 0.4) is 0 Å². The van der Waals surface area contributed by atoms with Gasteiger partial charge in [-0.3, -0.25) is 14.4 Å². The molecule has 0 unspecified atom stereocenters. The van der Waals surface area contributed by atoms with E-state index in [-0.39, 0.29) is 40.5 Å². The number of fused-ring (bicyclic) bond motifs is 1. The molecule has 3 aromatic rings. The number of hydrogen-bond donors (Lipinski definition) is 3. The molecule has 2 fully saturated rings. The minimum Gasteiger partial charge on any atom is -0.379 e. The van der Waals surface area contributed by atoms with Gasteiger partial charge in [-0.15, -0.1) is 0 Å². The van der Waals surface area contributed by atoms with Gasteiger partial charge in [0.05, 0.1) is 34.9 Å². The third kappa shape index (κ3) is 3.86. The summed E-state index contributed by atoms with van der Waals surface area (Å²) in [6.45, 7) is -1.71. The zero-order valence-corrected chi connectivity index (χ0v) is 18.1. The SMILES string of the molecule is [2H]C([2H])([2H])NC(=O)c1c(Nc2cn(C)c3ccn([C@H]4CCOC4)c(=O)c23)ccnc1NC(=O)C1CC1. The number of nitrogens with one attached hydrogen (secondary N) is 3. The number of amides is 2. The van der Waals surface area contributed by atoms with Gasteiger partial charge in [0.15, 0.2) is 0 Å². The fraction of sp³-hybridized carbons (Fsp3) is 0.391. The van der Waals surface area contributed by atoms with Crippen molar-refractivity contribution in [2.75, 3.05) is 30.8 Å². The number of rotatable bonds is 6. The Kier molecular flexibility index (Phi) is 4.52. The summed E-state index contributed by atoms with van der Waals surface area (Å²) in [6.07, 6.45) is 7.09. The van der Waals surface area contributed by atoms with Gasteiger partial charge >= 0.3 is 0 Å². The van der Waals surface area contributed by atoms with E-state index in [1.165, 1.54) is 12.3 Å². The second-order valence-electron chi connectivity index (χ2n) is 8.38. The lowest BCUT2D eigenvalue weighted by molar-refractivity contribution is -0.117. The van der Waals surface area contributed by atoms with Gasteiger partial charge in [-0.1, -0.05) is 0 Å². The van der Waals surface area contributed by atoms with Gasteiger partial charge in [-0.25, -0.2) is 4.98 Å². The first kappa shape index (κ1) is 17.8. The topological polar surface area (TPSA) is 119 Å². The summed E-state index contributed by atoms with van der Waals surface area (Å²) in [4.78, 5) is 43.1. The minimum absolute atomic E-state index is 0.0561. The summed E-state index contributed by atoms with van der Waals surface area (Å²) < 4.78 is 31.2. The lowest BCUT2D eigenvalue weighted by Crippen LogP contribution is -2.25. The number of aryl methyl sites for hydroxylation is 1. The van der Waals surface area contributed by atoms with Gasteiger partial charge in [0.2, 0.25) is 5.91 Å². The van der Waals surface area contributed by atoms with Gasteiger partial charge in [0.1, 0.15) is 11.4 Å². The number of nitrogens with zero attached hydrogens (tertiary/aromatic N) is 3. The predicted molar refractivity (Wildman–Crippen MR) is 124 cm³/mol. The quantitative estimate of drug-likeness (QED) is 0.526. The molecule has 1 saturated carbocycles. The van der Waals surface area contributed by atoms with Crippen LogP contribution in [0.1, 0.15) is 39.8 Å². The molecule has 0 spiro atoms. The van der Waals surface area contributed by atoms with Crippen molar-refractivity contribution in [2.45, 2.75) is 25.3 Å². The largest absolute Gasteiger partial charge is 0.379 e. The average Bonchev–Trinajstić information content (AvgIpc) is 3.42. The minimum atomic E-state index is -2.75. The van der Waals surface area contributed by atoms with Crippen LogP contribution in [0.5, 0.6) is 0 Å². The van der Waals surface area contributed by atoms with Crippen LogP contribution in [-0.4, -0.2) is 46.1 Å². The summed E-state index contributed by atoms with van der Waals surface area (Å²) in [7, 11) is 1.80. The fourth-order valence-corrected chi connectivity index (χ4v) is 4.20. The molecule has 2 amide bonds. The Labute approximate surface area is 194 Å². The Balaban J connectivity index is 1.58. The van der Waals surface area contributed by atoms with Gasteiger partial charge in [0.25, 0.3) is 11.5 Å². The van der Waals surface area contributed by atoms with Gasteiger partial charge in [-0.2, -0.15) is 0 Å². The first-order valence-electron chi connectivity index (χ1n) is 12.3. The van der Waals surface area contributed by atoms with Crippen molar-refractivity contribution in [3.05, 3.63) is 46.6 Å². The third-order valence-electron chi connectivity index (χ3n) is 6.12. The van der Waals surface area contributed by atoms with E-state index in [4.69, 9.17) is 8.85 Å². The molecule has 1 aliphatic heterocycles. The second kappa shape index (κ2) is 8.36. The van der Waals surface area contributed by atoms with Gasteiger partial charge < -0.3 is 29.8 Å². The van der Waals surface area contributed by atoms with Gasteiger partial charge in [0, 0.05) is 49.3 Å². The van der Waals surface area contributed by atoms with Crippen molar-refractivity contribution >= 4 is 39.9 Å². The van der Waals surface area contributed by atoms with Gasteiger partial charge in [-0.05, 0) is 31.4 Å². The summed E-state index contributed by atoms with van der Waals surface area (Å²) in [5.74, 6) is -1.43. The standard InChI is InChI=1S/C23H26N6O4/c1-24-22(31)19-15(5-8-25-20(19)27-21(30)13-3-4-13)26-16-11-28(2)17-6-9-29(23(32)18(16)17)14-7-10-33-12-14/h5-6,8-9,11,13-14H,3-4,7,10,12H2,1-2H3,(H,24,31)(H2,25,26,27,30)/t14-/m0/s1/i1D3. The summed E-state index contributed by atoms with van der Waals surface area (Å²) in [5.41, 5.74) is 0.960. The molecular formula is C23H26N6O4. The molecule has 1 aliphatic carbocycles. The molecule has 2 aliphatic rings. The Morgan fingerprint density at radius 3 is 2.82 bits per heavy atom. The normalized spacial score (nSPS) is 19.5. The summed E-state index contributed by atoms with van der Waals surface area (Å²) in [6, 6.07) is 3.27. The van der Waals surface area contributed by atoms with E-state index in [2.05, 4.69) is 15.6 Å². The maximum atomic E-state index is 13.5. The van der Waals surface area contributed by atoms with Crippen LogP contribution >= 0.6 is 0 Å². The average molecular weight is 454 g/mol. The smallest absolute Gasteiger partial charge is 0.262 e. The van der Waals surface area contributed by atoms with Crippen molar-refractivity contribution < 1.29 is 18.4 Å². The zero-order chi connectivity index (χ0) is 25.6. The maximum absolute atomic E-state index is 13.5. The summed E-state index contributed by atoms with van der Waals surface area (Å²) >= 11 is 0. The van der Waals surface area contributed by atoms with E-state index >= 15 is 0 Å². The summed E-state index contributed by atoms with van der Waals surface area (Å²) in [5, 5.41) is 8.14. The highest BCUT2D eigenvalue weighted by molar-refractivity contribution is 6.08. The first-order valence-corrected chi connectivity index (χ1v) is 10.8. The van der Waals surface area contributed by atoms with Crippen LogP contribution in [0.2, 0.25) is 0 Å². The molecule has 10 heteroatoms. The van der Waals surface area contributed by atoms with Crippen LogP contribution in [0, 0.1) is 5.92 Å². The molecule has 0 bridgehead atoms. The molecule has 1 saturated heterocycles. The molecule has 1 atom stereocenters. The predicted octanol–water partition coefficient (Wildman–Crippen LogP) is 2.15. The van der Waals surface area contributed by atoms with Crippen molar-refractivity contribution in [1.29, 1.82) is 0 Å². The number of ether oxygens (including phenoxy) is 1. The van der Waals surface area contributed by atoms with Crippen LogP contribution in [0.25, 0.3) is 10.9 Å². The van der Waals surface area contributed by atoms with Crippen LogP contribution < -0.4 is 21.5 Å². The molecule has 3 N–H and O–H groups in total. The van der Waals surface area contributed by atoms with E-state index in [0.717, 1.165) is 19.3 Å². The first-order chi connectivity index (χ1) is 17.1. The molecule has 4 heterocycles. The lowest BCUT2D eigenvalue weighted by atomic mass is 10.1. The molecule has 33 heavy (non-hydrogen) atoms. The number of pyridine rings is 2. The number of anilines is 3. The third-order valence-corrected chi connectivity index (χ3v) is 6.12. The van der Waals surface area contributed by atoms with Crippen molar-refractivity contribution in [3.8, 4) is 0 Å². The molecule has 172 valence electrons. The van der Waals surface area contributed by atoms with Crippen molar-refractivity contribution in [1.82, 2.24) is 19.4 Å². The molecule has 10 nitrogen and oxygen atoms in total. The lowest BCUT2D eigenvalue weighted by Gasteiger charge is -2.15. The Morgan fingerprint density at radius 1 is 1.24 bits per heavy atom. The number of hydrogen-bond acceptors (Lipinski definition) is 6. The Hall–Kier alpha value is -3.66. The van der Waals surface area contributed by atoms with Crippen molar-refractivity contribution in [2.24, 2.45) is 13.0 Å². The Bertz CT molecular complexity index is 1400. The van der Waals surface area contributed by atoms with E-state index in [0.29, 0.717) is 29.8 Å². The molecule has 5 rings (SSSR count). The van der Waals surface area contributed by atoms with E-state index < -0.39 is 12.9 Å². The van der Waals surface area contributed by atoms with Crippen LogP contribution in [-0.2, 0) is 16.6 Å². The number of carbonyl (C=O) groups is 2. The number of aromatic nitrogens is 3. The monoisotopic (exact) mass is 453 g/mol. The number of carbonyl (C=O) groups excluding carboxylic acids is 2. The molecular weight excluding hydrogens is 424 g/mol. The highest BCUT2D eigenvalue weighted by Gasteiger charge is 2.31. The second-order valence-corrected chi connectivity index (χ2v) is 8.38. The molecule has 0 radical (unpaired) electrons. The molecule has 0 aromatic carbocycles. The highest BCUT2D eigenvalue weighted by atomic mass is 16.5. The van der Waals surface area contributed by atoms with E-state index in [9.17, 15) is 14.4 Å². The van der Waals surface area contributed by atoms with E-state index in [1.807, 2.05) is 11.4 Å². The van der Waals surface area contributed by atoms with Crippen molar-refractivity contribution in [3.63, 3.8) is 0 Å². The maximum Gasteiger partial charge on any atom is 0.262 e. The fourth-order valence-electron chi connectivity index (χ4n) is 4.20. The highest BCUT2D eigenvalue weighted by Crippen LogP contribution is 2.33. The molecule has 3 aromatic heterocycles. The van der Waals surface area contributed by atoms with Crippen LogP contribution in [0.15, 0.2) is 35.5 Å². The Morgan fingerprint density at radius 2 is 2.09 bits per heavy atom.